The molecule has 0 bridgehead atoms. The van der Waals surface area contributed by atoms with E-state index in [1.807, 2.05) is 30.3 Å². The maximum Gasteiger partial charge on any atom is 0.334 e. The van der Waals surface area contributed by atoms with Crippen molar-refractivity contribution in [3.63, 3.8) is 0 Å². The highest BCUT2D eigenvalue weighted by molar-refractivity contribution is 5.86. The lowest BCUT2D eigenvalue weighted by Crippen LogP contribution is -2.70. The number of aromatic hydroxyl groups is 1. The molecule has 3 aromatic carbocycles. The Hall–Kier alpha value is -4.44. The Balaban J connectivity index is 1.66. The first kappa shape index (κ1) is 27.6. The number of urea groups is 1. The molecule has 39 heavy (non-hydrogen) atoms. The number of nitrogens with one attached hydrogen (secondary N) is 1. The SMILES string of the molecule is CN(C)N(C(=O)NCc1ccccc1)C1CN(Cc2ccccc2F)C(=O)[C@H](Cc2ccc(O)cc2)N1C=O. The van der Waals surface area contributed by atoms with Gasteiger partial charge in [0.1, 0.15) is 23.8 Å². The van der Waals surface area contributed by atoms with E-state index in [-0.39, 0.29) is 37.7 Å². The van der Waals surface area contributed by atoms with Gasteiger partial charge >= 0.3 is 6.03 Å². The van der Waals surface area contributed by atoms with Crippen molar-refractivity contribution in [1.82, 2.24) is 25.1 Å². The van der Waals surface area contributed by atoms with Gasteiger partial charge in [-0.3, -0.25) is 9.59 Å². The summed E-state index contributed by atoms with van der Waals surface area (Å²) in [4.78, 5) is 42.5. The summed E-state index contributed by atoms with van der Waals surface area (Å²) in [7, 11) is 3.36. The predicted octanol–water partition coefficient (Wildman–Crippen LogP) is 2.96. The number of carbonyl (C=O) groups is 3. The van der Waals surface area contributed by atoms with Crippen LogP contribution in [0.15, 0.2) is 78.9 Å². The van der Waals surface area contributed by atoms with Crippen LogP contribution < -0.4 is 5.32 Å². The van der Waals surface area contributed by atoms with Gasteiger partial charge in [0.15, 0.2) is 0 Å². The van der Waals surface area contributed by atoms with E-state index < -0.39 is 24.1 Å². The molecule has 1 fully saturated rings. The quantitative estimate of drug-likeness (QED) is 0.326. The van der Waals surface area contributed by atoms with Crippen molar-refractivity contribution < 1.29 is 23.9 Å². The number of phenols is 1. The molecule has 1 heterocycles. The maximum absolute atomic E-state index is 14.6. The molecule has 0 saturated carbocycles. The lowest BCUT2D eigenvalue weighted by molar-refractivity contribution is -0.164. The van der Waals surface area contributed by atoms with Gasteiger partial charge in [0.05, 0.1) is 6.54 Å². The Morgan fingerprint density at radius 3 is 2.33 bits per heavy atom. The first-order valence-electron chi connectivity index (χ1n) is 12.6. The van der Waals surface area contributed by atoms with Crippen LogP contribution in [0.1, 0.15) is 16.7 Å². The maximum atomic E-state index is 14.6. The van der Waals surface area contributed by atoms with Crippen LogP contribution in [0.3, 0.4) is 0 Å². The summed E-state index contributed by atoms with van der Waals surface area (Å²) in [5.74, 6) is -0.730. The summed E-state index contributed by atoms with van der Waals surface area (Å²) in [6.07, 6.45) is -0.135. The molecule has 1 unspecified atom stereocenters. The third kappa shape index (κ3) is 6.53. The molecule has 1 aliphatic rings. The molecule has 1 saturated heterocycles. The Bertz CT molecular complexity index is 1290. The fourth-order valence-corrected chi connectivity index (χ4v) is 4.74. The zero-order chi connectivity index (χ0) is 27.9. The summed E-state index contributed by atoms with van der Waals surface area (Å²) >= 11 is 0. The molecular weight excluding hydrogens is 501 g/mol. The minimum absolute atomic E-state index is 0.0189. The Morgan fingerprint density at radius 2 is 1.69 bits per heavy atom. The molecule has 0 radical (unpaired) electrons. The van der Waals surface area contributed by atoms with Gasteiger partial charge in [0, 0.05) is 39.2 Å². The highest BCUT2D eigenvalue weighted by atomic mass is 19.1. The van der Waals surface area contributed by atoms with Crippen molar-refractivity contribution in [3.8, 4) is 5.75 Å². The summed E-state index contributed by atoms with van der Waals surface area (Å²) in [6.45, 7) is 0.231. The number of halogens is 1. The smallest absolute Gasteiger partial charge is 0.334 e. The van der Waals surface area contributed by atoms with Crippen molar-refractivity contribution in [3.05, 3.63) is 101 Å². The molecule has 9 nitrogen and oxygen atoms in total. The summed E-state index contributed by atoms with van der Waals surface area (Å²) in [5, 5.41) is 15.5. The number of carbonyl (C=O) groups excluding carboxylic acids is 3. The van der Waals surface area contributed by atoms with E-state index in [0.717, 1.165) is 11.1 Å². The number of hydrogen-bond donors (Lipinski definition) is 2. The van der Waals surface area contributed by atoms with Crippen LogP contribution in [0.25, 0.3) is 0 Å². The fraction of sp³-hybridized carbons (Fsp3) is 0.276. The molecule has 2 atom stereocenters. The van der Waals surface area contributed by atoms with E-state index in [1.54, 1.807) is 49.4 Å². The van der Waals surface area contributed by atoms with Crippen LogP contribution >= 0.6 is 0 Å². The average Bonchev–Trinajstić information content (AvgIpc) is 2.93. The second-order valence-corrected chi connectivity index (χ2v) is 9.57. The number of piperazine rings is 1. The molecule has 2 N–H and O–H groups in total. The molecule has 4 amide bonds. The van der Waals surface area contributed by atoms with Gasteiger partial charge in [-0.25, -0.2) is 19.2 Å². The molecule has 204 valence electrons. The van der Waals surface area contributed by atoms with Crippen LogP contribution in [-0.4, -0.2) is 76.1 Å². The molecule has 1 aliphatic heterocycles. The number of phenolic OH excluding ortho intramolecular Hbond substituents is 1. The van der Waals surface area contributed by atoms with Gasteiger partial charge in [-0.2, -0.15) is 0 Å². The molecule has 0 spiro atoms. The van der Waals surface area contributed by atoms with E-state index in [1.165, 1.54) is 33.0 Å². The van der Waals surface area contributed by atoms with Gasteiger partial charge in [0.25, 0.3) is 0 Å². The topological polar surface area (TPSA) is 96.4 Å². The standard InChI is InChI=1S/C29H32FN5O4/c1-32(2)35(29(39)31-17-22-8-4-3-5-9-22)27-19-33(18-23-10-6-7-11-25(23)30)28(38)26(34(27)20-36)16-21-12-14-24(37)15-13-21/h3-15,20,26-27,37H,16-19H2,1-2H3,(H,31,39)/t26-,27?/m0/s1. The van der Waals surface area contributed by atoms with E-state index in [0.29, 0.717) is 12.0 Å². The highest BCUT2D eigenvalue weighted by Crippen LogP contribution is 2.25. The minimum Gasteiger partial charge on any atom is -0.508 e. The van der Waals surface area contributed by atoms with E-state index in [4.69, 9.17) is 0 Å². The second kappa shape index (κ2) is 12.4. The van der Waals surface area contributed by atoms with Crippen molar-refractivity contribution in [1.29, 1.82) is 0 Å². The van der Waals surface area contributed by atoms with Crippen molar-refractivity contribution in [2.24, 2.45) is 0 Å². The fourth-order valence-electron chi connectivity index (χ4n) is 4.74. The zero-order valence-corrected chi connectivity index (χ0v) is 21.9. The monoisotopic (exact) mass is 533 g/mol. The lowest BCUT2D eigenvalue weighted by atomic mass is 9.99. The molecule has 0 aromatic heterocycles. The van der Waals surface area contributed by atoms with Crippen molar-refractivity contribution in [2.75, 3.05) is 20.6 Å². The van der Waals surface area contributed by atoms with Crippen LogP contribution in [0.5, 0.6) is 5.75 Å². The number of benzene rings is 3. The van der Waals surface area contributed by atoms with Crippen molar-refractivity contribution in [2.45, 2.75) is 31.7 Å². The predicted molar refractivity (Wildman–Crippen MR) is 143 cm³/mol. The Labute approximate surface area is 227 Å². The first-order chi connectivity index (χ1) is 18.8. The number of nitrogens with zero attached hydrogens (tertiary/aromatic N) is 4. The second-order valence-electron chi connectivity index (χ2n) is 9.57. The van der Waals surface area contributed by atoms with Crippen LogP contribution in [0.2, 0.25) is 0 Å². The van der Waals surface area contributed by atoms with Crippen LogP contribution in [-0.2, 0) is 29.1 Å². The molecule has 0 aliphatic carbocycles. The van der Waals surface area contributed by atoms with Gasteiger partial charge in [-0.1, -0.05) is 60.7 Å². The normalized spacial score (nSPS) is 17.3. The lowest BCUT2D eigenvalue weighted by Gasteiger charge is -2.49. The highest BCUT2D eigenvalue weighted by Gasteiger charge is 2.44. The van der Waals surface area contributed by atoms with Gasteiger partial charge in [-0.05, 0) is 29.3 Å². The van der Waals surface area contributed by atoms with Gasteiger partial charge < -0.3 is 20.2 Å². The number of rotatable bonds is 9. The third-order valence-corrected chi connectivity index (χ3v) is 6.70. The minimum atomic E-state index is -0.957. The third-order valence-electron chi connectivity index (χ3n) is 6.70. The summed E-state index contributed by atoms with van der Waals surface area (Å²) in [5.41, 5.74) is 1.95. The molecule has 3 aromatic rings. The Kier molecular flexibility index (Phi) is 8.77. The van der Waals surface area contributed by atoms with Gasteiger partial charge in [0.2, 0.25) is 12.3 Å². The molecule has 10 heteroatoms. The largest absolute Gasteiger partial charge is 0.508 e. The number of amides is 4. The van der Waals surface area contributed by atoms with E-state index in [2.05, 4.69) is 5.32 Å². The first-order valence-corrected chi connectivity index (χ1v) is 12.6. The number of hydrazine groups is 1. The Morgan fingerprint density at radius 1 is 1.03 bits per heavy atom. The average molecular weight is 534 g/mol. The van der Waals surface area contributed by atoms with Crippen LogP contribution in [0.4, 0.5) is 9.18 Å². The molecule has 4 rings (SSSR count). The summed E-state index contributed by atoms with van der Waals surface area (Å²) < 4.78 is 14.6. The van der Waals surface area contributed by atoms with Gasteiger partial charge in [-0.15, -0.1) is 0 Å². The van der Waals surface area contributed by atoms with E-state index in [9.17, 15) is 23.9 Å². The van der Waals surface area contributed by atoms with Crippen molar-refractivity contribution >= 4 is 18.3 Å². The van der Waals surface area contributed by atoms with Crippen LogP contribution in [0, 0.1) is 5.82 Å². The zero-order valence-electron chi connectivity index (χ0n) is 21.9. The number of hydrogen-bond acceptors (Lipinski definition) is 5. The molecular formula is C29H32FN5O4. The summed E-state index contributed by atoms with van der Waals surface area (Å²) in [6, 6.07) is 20.6. The van der Waals surface area contributed by atoms with E-state index >= 15 is 0 Å².